The minimum atomic E-state index is -0.179. The number of hydrogen-bond acceptors (Lipinski definition) is 3. The zero-order valence-corrected chi connectivity index (χ0v) is 16.6. The van der Waals surface area contributed by atoms with Crippen LogP contribution < -0.4 is 14.9 Å². The Morgan fingerprint density at radius 1 is 1.00 bits per heavy atom. The molecule has 0 fully saturated rings. The van der Waals surface area contributed by atoms with Gasteiger partial charge in [-0.25, -0.2) is 0 Å². The van der Waals surface area contributed by atoms with Crippen LogP contribution in [0.4, 0.5) is 0 Å². The molecule has 0 amide bonds. The second-order valence-corrected chi connectivity index (χ2v) is 6.87. The highest BCUT2D eigenvalue weighted by atomic mass is 35.5. The Hall–Kier alpha value is -2.43. The normalized spacial score (nSPS) is 10.7. The quantitative estimate of drug-likeness (QED) is 0.574. The Morgan fingerprint density at radius 2 is 1.67 bits per heavy atom. The topological polar surface area (TPSA) is 40.5 Å². The third kappa shape index (κ3) is 4.46. The summed E-state index contributed by atoms with van der Waals surface area (Å²) in [4.78, 5) is 12.3. The summed E-state index contributed by atoms with van der Waals surface area (Å²) in [5.41, 5.74) is 2.30. The first kappa shape index (κ1) is 19.3. The maximum atomic E-state index is 12.3. The van der Waals surface area contributed by atoms with Crippen molar-refractivity contribution in [1.29, 1.82) is 0 Å². The van der Waals surface area contributed by atoms with Gasteiger partial charge in [0.1, 0.15) is 12.4 Å². The van der Waals surface area contributed by atoms with Crippen LogP contribution in [0.5, 0.6) is 11.5 Å². The highest BCUT2D eigenvalue weighted by Gasteiger charge is 2.12. The van der Waals surface area contributed by atoms with E-state index >= 15 is 0 Å². The first-order chi connectivity index (χ1) is 13.0. The molecule has 3 aromatic rings. The molecular weight excluding hydrogens is 385 g/mol. The molecule has 3 rings (SSSR count). The summed E-state index contributed by atoms with van der Waals surface area (Å²) in [5.74, 6) is 1.10. The number of methoxy groups -OCH3 is 1. The monoisotopic (exact) mass is 403 g/mol. The number of nitrogens with zero attached hydrogens (tertiary/aromatic N) is 1. The molecule has 2 aromatic carbocycles. The van der Waals surface area contributed by atoms with E-state index in [1.165, 1.54) is 6.07 Å². The minimum absolute atomic E-state index is 0.126. The first-order valence-corrected chi connectivity index (χ1v) is 9.14. The van der Waals surface area contributed by atoms with E-state index in [0.29, 0.717) is 27.9 Å². The lowest BCUT2D eigenvalue weighted by atomic mass is 10.2. The molecule has 0 aliphatic carbocycles. The van der Waals surface area contributed by atoms with Gasteiger partial charge in [0.15, 0.2) is 5.75 Å². The molecule has 0 radical (unpaired) electrons. The number of benzene rings is 2. The lowest BCUT2D eigenvalue weighted by molar-refractivity contribution is 0.297. The van der Waals surface area contributed by atoms with Crippen LogP contribution in [0.2, 0.25) is 10.0 Å². The number of halogens is 2. The van der Waals surface area contributed by atoms with Crippen LogP contribution in [0.1, 0.15) is 16.8 Å². The van der Waals surface area contributed by atoms with E-state index < -0.39 is 0 Å². The number of rotatable bonds is 6. The second-order valence-electron chi connectivity index (χ2n) is 6.06. The van der Waals surface area contributed by atoms with Gasteiger partial charge in [-0.05, 0) is 36.8 Å². The molecule has 6 heteroatoms. The van der Waals surface area contributed by atoms with Gasteiger partial charge in [0, 0.05) is 34.4 Å². The van der Waals surface area contributed by atoms with Gasteiger partial charge in [-0.2, -0.15) is 0 Å². The molecule has 0 aliphatic heterocycles. The fraction of sp³-hybridized carbons (Fsp3) is 0.190. The van der Waals surface area contributed by atoms with E-state index in [2.05, 4.69) is 0 Å². The summed E-state index contributed by atoms with van der Waals surface area (Å²) in [6, 6.07) is 14.5. The van der Waals surface area contributed by atoms with E-state index in [1.54, 1.807) is 31.5 Å². The highest BCUT2D eigenvalue weighted by Crippen LogP contribution is 2.26. The van der Waals surface area contributed by atoms with Gasteiger partial charge in [-0.1, -0.05) is 41.4 Å². The summed E-state index contributed by atoms with van der Waals surface area (Å²) in [7, 11) is 1.63. The molecule has 0 N–H and O–H groups in total. The van der Waals surface area contributed by atoms with E-state index in [9.17, 15) is 4.79 Å². The lowest BCUT2D eigenvalue weighted by Gasteiger charge is -2.16. The van der Waals surface area contributed by atoms with Crippen molar-refractivity contribution in [2.24, 2.45) is 0 Å². The smallest absolute Gasteiger partial charge is 0.223 e. The number of ether oxygens (including phenoxy) is 2. The van der Waals surface area contributed by atoms with E-state index in [-0.39, 0.29) is 12.0 Å². The van der Waals surface area contributed by atoms with Crippen LogP contribution in [-0.4, -0.2) is 11.7 Å². The van der Waals surface area contributed by atoms with Crippen molar-refractivity contribution < 1.29 is 9.47 Å². The highest BCUT2D eigenvalue weighted by molar-refractivity contribution is 6.35. The van der Waals surface area contributed by atoms with Gasteiger partial charge in [0.25, 0.3) is 0 Å². The third-order valence-electron chi connectivity index (χ3n) is 4.32. The minimum Gasteiger partial charge on any atom is -0.497 e. The van der Waals surface area contributed by atoms with Crippen molar-refractivity contribution in [2.45, 2.75) is 20.1 Å². The predicted molar refractivity (Wildman–Crippen MR) is 108 cm³/mol. The zero-order chi connectivity index (χ0) is 19.4. The van der Waals surface area contributed by atoms with Crippen molar-refractivity contribution in [1.82, 2.24) is 4.57 Å². The third-order valence-corrected chi connectivity index (χ3v) is 5.03. The second kappa shape index (κ2) is 8.51. The average Bonchev–Trinajstić information content (AvgIpc) is 2.66. The van der Waals surface area contributed by atoms with Crippen LogP contribution in [0.15, 0.2) is 59.5 Å². The largest absolute Gasteiger partial charge is 0.497 e. The van der Waals surface area contributed by atoms with Gasteiger partial charge >= 0.3 is 0 Å². The standard InChI is InChI=1S/C21H19Cl2NO3/c1-14-21(27-13-17-18(22)4-3-5-19(17)23)20(25)10-11-24(14)12-15-6-8-16(26-2)9-7-15/h3-11H,12-13H2,1-2H3. The number of hydrogen-bond donors (Lipinski definition) is 0. The van der Waals surface area contributed by atoms with Crippen molar-refractivity contribution in [3.05, 3.63) is 91.8 Å². The SMILES string of the molecule is COc1ccc(Cn2ccc(=O)c(OCc3c(Cl)cccc3Cl)c2C)cc1. The van der Waals surface area contributed by atoms with Crippen molar-refractivity contribution >= 4 is 23.2 Å². The molecule has 0 unspecified atom stereocenters. The fourth-order valence-corrected chi connectivity index (χ4v) is 3.25. The lowest BCUT2D eigenvalue weighted by Crippen LogP contribution is -2.15. The molecule has 140 valence electrons. The van der Waals surface area contributed by atoms with E-state index in [4.69, 9.17) is 32.7 Å². The zero-order valence-electron chi connectivity index (χ0n) is 15.0. The molecule has 0 saturated carbocycles. The molecule has 1 heterocycles. The van der Waals surface area contributed by atoms with E-state index in [1.807, 2.05) is 35.8 Å². The maximum absolute atomic E-state index is 12.3. The molecule has 0 atom stereocenters. The number of aromatic nitrogens is 1. The van der Waals surface area contributed by atoms with Gasteiger partial charge in [-0.3, -0.25) is 4.79 Å². The van der Waals surface area contributed by atoms with E-state index in [0.717, 1.165) is 17.0 Å². The molecule has 0 aliphatic rings. The average molecular weight is 404 g/mol. The van der Waals surface area contributed by atoms with Gasteiger partial charge in [-0.15, -0.1) is 0 Å². The van der Waals surface area contributed by atoms with Crippen molar-refractivity contribution in [3.63, 3.8) is 0 Å². The summed E-state index contributed by atoms with van der Waals surface area (Å²) in [6.07, 6.45) is 1.76. The van der Waals surface area contributed by atoms with Crippen molar-refractivity contribution in [3.8, 4) is 11.5 Å². The van der Waals surface area contributed by atoms with Crippen LogP contribution >= 0.6 is 23.2 Å². The number of pyridine rings is 1. The Balaban J connectivity index is 1.83. The molecule has 27 heavy (non-hydrogen) atoms. The summed E-state index contributed by atoms with van der Waals surface area (Å²) in [6.45, 7) is 2.59. The maximum Gasteiger partial charge on any atom is 0.223 e. The molecule has 1 aromatic heterocycles. The Morgan fingerprint density at radius 3 is 2.30 bits per heavy atom. The molecule has 0 saturated heterocycles. The Labute approximate surface area is 167 Å². The summed E-state index contributed by atoms with van der Waals surface area (Å²) >= 11 is 12.4. The molecular formula is C21H19Cl2NO3. The first-order valence-electron chi connectivity index (χ1n) is 8.38. The van der Waals surface area contributed by atoms with Crippen molar-refractivity contribution in [2.75, 3.05) is 7.11 Å². The summed E-state index contributed by atoms with van der Waals surface area (Å²) < 4.78 is 13.0. The van der Waals surface area contributed by atoms with Gasteiger partial charge in [0.2, 0.25) is 5.43 Å². The fourth-order valence-electron chi connectivity index (χ4n) is 2.74. The Kier molecular flexibility index (Phi) is 6.09. The molecule has 0 bridgehead atoms. The van der Waals surface area contributed by atoms with Gasteiger partial charge < -0.3 is 14.0 Å². The van der Waals surface area contributed by atoms with Crippen LogP contribution in [-0.2, 0) is 13.2 Å². The van der Waals surface area contributed by atoms with Crippen LogP contribution in [0.3, 0.4) is 0 Å². The Bertz CT molecular complexity index is 977. The molecule has 4 nitrogen and oxygen atoms in total. The predicted octanol–water partition coefficient (Wildman–Crippen LogP) is 5.10. The molecule has 0 spiro atoms. The van der Waals surface area contributed by atoms with Gasteiger partial charge in [0.05, 0.1) is 12.8 Å². The summed E-state index contributed by atoms with van der Waals surface area (Å²) in [5, 5.41) is 1.02. The van der Waals surface area contributed by atoms with Crippen LogP contribution in [0.25, 0.3) is 0 Å². The van der Waals surface area contributed by atoms with Crippen LogP contribution in [0, 0.1) is 6.92 Å².